The fourth-order valence-corrected chi connectivity index (χ4v) is 2.32. The van der Waals surface area contributed by atoms with Gasteiger partial charge in [0.25, 0.3) is 5.56 Å². The number of hydrogen-bond donors (Lipinski definition) is 0. The number of hydrogen-bond acceptors (Lipinski definition) is 5. The van der Waals surface area contributed by atoms with E-state index >= 15 is 0 Å². The second-order valence-corrected chi connectivity index (χ2v) is 5.17. The van der Waals surface area contributed by atoms with Crippen LogP contribution < -0.4 is 10.3 Å². The zero-order chi connectivity index (χ0) is 17.6. The average Bonchev–Trinajstić information content (AvgIpc) is 2.62. The van der Waals surface area contributed by atoms with Gasteiger partial charge in [0.05, 0.1) is 17.2 Å². The smallest absolute Gasteiger partial charge is 0.326 e. The molecule has 0 saturated heterocycles. The van der Waals surface area contributed by atoms with Crippen molar-refractivity contribution in [2.75, 3.05) is 13.2 Å². The van der Waals surface area contributed by atoms with Crippen LogP contribution in [-0.2, 0) is 16.1 Å². The first kappa shape index (κ1) is 16.6. The van der Waals surface area contributed by atoms with Gasteiger partial charge in [0, 0.05) is 0 Å². The summed E-state index contributed by atoms with van der Waals surface area (Å²) in [5.74, 6) is -0.978. The third-order valence-corrected chi connectivity index (χ3v) is 3.48. The zero-order valence-electron chi connectivity index (χ0n) is 13.2. The van der Waals surface area contributed by atoms with Crippen molar-refractivity contribution in [3.63, 3.8) is 0 Å². The Bertz CT molecular complexity index is 955. The minimum absolute atomic E-state index is 0.0126. The van der Waals surface area contributed by atoms with Gasteiger partial charge in [0.2, 0.25) is 0 Å². The SMILES string of the molecule is O=C(Cn1c(=O)cnc2ccccc21)OCCOc1ccccc1F. The molecule has 0 bridgehead atoms. The Hall–Kier alpha value is -3.22. The molecule has 0 amide bonds. The second kappa shape index (κ2) is 7.57. The van der Waals surface area contributed by atoms with Crippen molar-refractivity contribution < 1.29 is 18.7 Å². The molecule has 0 unspecified atom stereocenters. The van der Waals surface area contributed by atoms with E-state index < -0.39 is 17.3 Å². The molecule has 3 aromatic rings. The van der Waals surface area contributed by atoms with Gasteiger partial charge in [-0.2, -0.15) is 0 Å². The quantitative estimate of drug-likeness (QED) is 0.507. The number of carbonyl (C=O) groups excluding carboxylic acids is 1. The maximum Gasteiger partial charge on any atom is 0.326 e. The number of esters is 1. The molecule has 3 rings (SSSR count). The summed E-state index contributed by atoms with van der Waals surface area (Å²) in [6.45, 7) is -0.273. The van der Waals surface area contributed by atoms with E-state index in [4.69, 9.17) is 9.47 Å². The zero-order valence-corrected chi connectivity index (χ0v) is 13.2. The molecule has 0 fully saturated rings. The molecule has 25 heavy (non-hydrogen) atoms. The van der Waals surface area contributed by atoms with Crippen molar-refractivity contribution >= 4 is 17.0 Å². The highest BCUT2D eigenvalue weighted by Gasteiger charge is 2.10. The van der Waals surface area contributed by atoms with Crippen LogP contribution in [0, 0.1) is 5.82 Å². The van der Waals surface area contributed by atoms with Gasteiger partial charge in [-0.1, -0.05) is 24.3 Å². The molecule has 0 aliphatic carbocycles. The average molecular weight is 342 g/mol. The van der Waals surface area contributed by atoms with Crippen molar-refractivity contribution in [1.82, 2.24) is 9.55 Å². The van der Waals surface area contributed by atoms with Crippen LogP contribution in [0.2, 0.25) is 0 Å². The number of ether oxygens (including phenoxy) is 2. The van der Waals surface area contributed by atoms with Gasteiger partial charge in [-0.25, -0.2) is 9.37 Å². The second-order valence-electron chi connectivity index (χ2n) is 5.17. The largest absolute Gasteiger partial charge is 0.487 e. The van der Waals surface area contributed by atoms with Crippen LogP contribution in [0.1, 0.15) is 0 Å². The molecule has 128 valence electrons. The first-order valence-corrected chi connectivity index (χ1v) is 7.63. The van der Waals surface area contributed by atoms with E-state index in [1.807, 2.05) is 0 Å². The van der Waals surface area contributed by atoms with E-state index in [2.05, 4.69) is 4.98 Å². The van der Waals surface area contributed by atoms with Crippen LogP contribution in [0.25, 0.3) is 11.0 Å². The van der Waals surface area contributed by atoms with Gasteiger partial charge >= 0.3 is 5.97 Å². The van der Waals surface area contributed by atoms with Crippen molar-refractivity contribution in [3.8, 4) is 5.75 Å². The Morgan fingerprint density at radius 2 is 1.84 bits per heavy atom. The summed E-state index contributed by atoms with van der Waals surface area (Å²) in [7, 11) is 0. The highest BCUT2D eigenvalue weighted by molar-refractivity contribution is 5.77. The van der Waals surface area contributed by atoms with Crippen molar-refractivity contribution in [3.05, 3.63) is 70.9 Å². The number of rotatable bonds is 6. The molecule has 0 spiro atoms. The molecular formula is C18H15FN2O4. The molecule has 7 heteroatoms. The van der Waals surface area contributed by atoms with Gasteiger partial charge in [-0.15, -0.1) is 0 Å². The van der Waals surface area contributed by atoms with E-state index in [1.165, 1.54) is 16.7 Å². The number of halogens is 1. The van der Waals surface area contributed by atoms with Crippen LogP contribution in [0.15, 0.2) is 59.5 Å². The lowest BCUT2D eigenvalue weighted by atomic mass is 10.3. The van der Waals surface area contributed by atoms with Gasteiger partial charge in [-0.05, 0) is 24.3 Å². The first-order valence-electron chi connectivity index (χ1n) is 7.63. The number of aromatic nitrogens is 2. The Morgan fingerprint density at radius 1 is 1.08 bits per heavy atom. The van der Waals surface area contributed by atoms with Gasteiger partial charge in [-0.3, -0.25) is 14.2 Å². The van der Waals surface area contributed by atoms with E-state index in [0.717, 1.165) is 6.20 Å². The molecule has 2 aromatic carbocycles. The lowest BCUT2D eigenvalue weighted by Crippen LogP contribution is -2.26. The summed E-state index contributed by atoms with van der Waals surface area (Å²) in [6.07, 6.45) is 1.16. The molecule has 1 aromatic heterocycles. The maximum atomic E-state index is 13.4. The molecule has 0 atom stereocenters. The fourth-order valence-electron chi connectivity index (χ4n) is 2.32. The summed E-state index contributed by atoms with van der Waals surface area (Å²) >= 11 is 0. The molecule has 1 heterocycles. The Morgan fingerprint density at radius 3 is 2.68 bits per heavy atom. The summed E-state index contributed by atoms with van der Waals surface area (Å²) < 4.78 is 24.9. The first-order chi connectivity index (χ1) is 12.1. The Kier molecular flexibility index (Phi) is 5.03. The molecule has 0 radical (unpaired) electrons. The van der Waals surface area contributed by atoms with Crippen LogP contribution in [0.4, 0.5) is 4.39 Å². The van der Waals surface area contributed by atoms with Gasteiger partial charge in [0.15, 0.2) is 11.6 Å². The third-order valence-electron chi connectivity index (χ3n) is 3.48. The molecule has 6 nitrogen and oxygen atoms in total. The monoisotopic (exact) mass is 342 g/mol. The fraction of sp³-hybridized carbons (Fsp3) is 0.167. The van der Waals surface area contributed by atoms with Crippen LogP contribution in [0.5, 0.6) is 5.75 Å². The van der Waals surface area contributed by atoms with Crippen molar-refractivity contribution in [2.24, 2.45) is 0 Å². The maximum absolute atomic E-state index is 13.4. The topological polar surface area (TPSA) is 70.4 Å². The van der Waals surface area contributed by atoms with E-state index in [0.29, 0.717) is 11.0 Å². The van der Waals surface area contributed by atoms with E-state index in [9.17, 15) is 14.0 Å². The van der Waals surface area contributed by atoms with E-state index in [-0.39, 0.29) is 25.5 Å². The highest BCUT2D eigenvalue weighted by atomic mass is 19.1. The Labute approximate surface area is 142 Å². The van der Waals surface area contributed by atoms with E-state index in [1.54, 1.807) is 36.4 Å². The lowest BCUT2D eigenvalue weighted by molar-refractivity contribution is -0.145. The summed E-state index contributed by atoms with van der Waals surface area (Å²) in [4.78, 5) is 27.9. The minimum Gasteiger partial charge on any atom is -0.487 e. The normalized spacial score (nSPS) is 10.6. The number of benzene rings is 2. The van der Waals surface area contributed by atoms with Crippen LogP contribution >= 0.6 is 0 Å². The standard InChI is InChI=1S/C18H15FN2O4/c19-13-5-1-4-8-16(13)24-9-10-25-18(23)12-21-15-7-3-2-6-14(15)20-11-17(21)22/h1-8,11H,9-10,12H2. The number of nitrogens with zero attached hydrogens (tertiary/aromatic N) is 2. The van der Waals surface area contributed by atoms with Crippen LogP contribution in [-0.4, -0.2) is 28.7 Å². The predicted octanol–water partition coefficient (Wildman–Crippen LogP) is 2.16. The Balaban J connectivity index is 1.58. The number of carbonyl (C=O) groups is 1. The molecular weight excluding hydrogens is 327 g/mol. The number of fused-ring (bicyclic) bond motifs is 1. The predicted molar refractivity (Wildman–Crippen MR) is 88.9 cm³/mol. The summed E-state index contributed by atoms with van der Waals surface area (Å²) in [5.41, 5.74) is 0.769. The molecule has 0 aliphatic rings. The van der Waals surface area contributed by atoms with Gasteiger partial charge in [0.1, 0.15) is 19.8 Å². The lowest BCUT2D eigenvalue weighted by Gasteiger charge is -2.10. The molecule has 0 aliphatic heterocycles. The van der Waals surface area contributed by atoms with Crippen molar-refractivity contribution in [2.45, 2.75) is 6.54 Å². The minimum atomic E-state index is -0.587. The molecule has 0 saturated carbocycles. The molecule has 0 N–H and O–H groups in total. The third kappa shape index (κ3) is 4.00. The van der Waals surface area contributed by atoms with Crippen LogP contribution in [0.3, 0.4) is 0 Å². The summed E-state index contributed by atoms with van der Waals surface area (Å²) in [6, 6.07) is 13.0. The van der Waals surface area contributed by atoms with Gasteiger partial charge < -0.3 is 9.47 Å². The summed E-state index contributed by atoms with van der Waals surface area (Å²) in [5, 5.41) is 0. The highest BCUT2D eigenvalue weighted by Crippen LogP contribution is 2.15. The van der Waals surface area contributed by atoms with Crippen molar-refractivity contribution in [1.29, 1.82) is 0 Å². The number of para-hydroxylation sites is 3.